The Morgan fingerprint density at radius 2 is 1.80 bits per heavy atom. The molecule has 1 aliphatic carbocycles. The van der Waals surface area contributed by atoms with Crippen LogP contribution in [0, 0.1) is 0 Å². The van der Waals surface area contributed by atoms with E-state index < -0.39 is 0 Å². The summed E-state index contributed by atoms with van der Waals surface area (Å²) >= 11 is 0. The summed E-state index contributed by atoms with van der Waals surface area (Å²) in [6.07, 6.45) is 3.08. The van der Waals surface area contributed by atoms with Crippen molar-refractivity contribution in [2.75, 3.05) is 0 Å². The molecule has 3 rings (SSSR count). The number of carbonyl (C=O) groups excluding carboxylic acids is 1. The third-order valence-electron chi connectivity index (χ3n) is 2.70. The summed E-state index contributed by atoms with van der Waals surface area (Å²) in [5, 5.41) is 0. The highest BCUT2D eigenvalue weighted by Crippen LogP contribution is 2.40. The van der Waals surface area contributed by atoms with Crippen LogP contribution in [0.2, 0.25) is 0 Å². The first-order valence-electron chi connectivity index (χ1n) is 5.10. The molecule has 0 radical (unpaired) electrons. The van der Waals surface area contributed by atoms with Gasteiger partial charge in [-0.05, 0) is 25.0 Å². The van der Waals surface area contributed by atoms with Crippen LogP contribution in [0.15, 0.2) is 24.3 Å². The summed E-state index contributed by atoms with van der Waals surface area (Å²) < 4.78 is 0. The molecule has 15 heavy (non-hydrogen) atoms. The summed E-state index contributed by atoms with van der Waals surface area (Å²) in [5.41, 5.74) is 3.06. The summed E-state index contributed by atoms with van der Waals surface area (Å²) in [7, 11) is 0. The zero-order valence-corrected chi connectivity index (χ0v) is 8.18. The molecule has 3 heteroatoms. The summed E-state index contributed by atoms with van der Waals surface area (Å²) in [4.78, 5) is 19.7. The first kappa shape index (κ1) is 8.53. The molecule has 1 heterocycles. The Labute approximate surface area is 87.2 Å². The Morgan fingerprint density at radius 3 is 2.40 bits per heavy atom. The number of rotatable bonds is 2. The summed E-state index contributed by atoms with van der Waals surface area (Å²) in [6, 6.07) is 7.66. The topological polar surface area (TPSA) is 42.9 Å². The third kappa shape index (κ3) is 1.40. The van der Waals surface area contributed by atoms with Gasteiger partial charge in [0.2, 0.25) is 0 Å². The van der Waals surface area contributed by atoms with Gasteiger partial charge in [0.05, 0.1) is 16.7 Å². The number of aromatic nitrogens is 2. The minimum absolute atomic E-state index is 0.460. The maximum absolute atomic E-state index is 10.9. The van der Waals surface area contributed by atoms with Gasteiger partial charge in [-0.1, -0.05) is 12.1 Å². The van der Waals surface area contributed by atoms with Gasteiger partial charge in [-0.25, -0.2) is 9.97 Å². The average Bonchev–Trinajstić information content (AvgIpc) is 3.11. The molecular formula is C12H10N2O. The number of para-hydroxylation sites is 2. The monoisotopic (exact) mass is 198 g/mol. The lowest BCUT2D eigenvalue weighted by Gasteiger charge is -2.03. The minimum Gasteiger partial charge on any atom is -0.296 e. The Bertz CT molecular complexity index is 532. The number of hydrogen-bond donors (Lipinski definition) is 0. The zero-order valence-electron chi connectivity index (χ0n) is 8.18. The van der Waals surface area contributed by atoms with Gasteiger partial charge in [-0.15, -0.1) is 0 Å². The fraction of sp³-hybridized carbons (Fsp3) is 0.250. The number of aldehydes is 1. The number of benzene rings is 1. The molecule has 0 amide bonds. The Kier molecular flexibility index (Phi) is 1.78. The van der Waals surface area contributed by atoms with Crippen LogP contribution in [-0.2, 0) is 0 Å². The van der Waals surface area contributed by atoms with Crippen molar-refractivity contribution < 1.29 is 4.79 Å². The maximum Gasteiger partial charge on any atom is 0.170 e. The Morgan fingerprint density at radius 1 is 1.13 bits per heavy atom. The van der Waals surface area contributed by atoms with E-state index in [0.29, 0.717) is 11.6 Å². The van der Waals surface area contributed by atoms with E-state index in [1.54, 1.807) is 0 Å². The van der Waals surface area contributed by atoms with Crippen molar-refractivity contribution >= 4 is 17.3 Å². The number of nitrogens with zero attached hydrogens (tertiary/aromatic N) is 2. The highest BCUT2D eigenvalue weighted by Gasteiger charge is 2.28. The van der Waals surface area contributed by atoms with Crippen LogP contribution in [0.5, 0.6) is 0 Å². The Hall–Kier alpha value is -1.77. The van der Waals surface area contributed by atoms with E-state index in [1.807, 2.05) is 24.3 Å². The van der Waals surface area contributed by atoms with Crippen LogP contribution in [0.25, 0.3) is 11.0 Å². The fourth-order valence-electron chi connectivity index (χ4n) is 1.77. The molecule has 1 aromatic carbocycles. The van der Waals surface area contributed by atoms with Crippen molar-refractivity contribution in [3.63, 3.8) is 0 Å². The smallest absolute Gasteiger partial charge is 0.170 e. The van der Waals surface area contributed by atoms with E-state index >= 15 is 0 Å². The lowest BCUT2D eigenvalue weighted by atomic mass is 10.2. The molecule has 1 fully saturated rings. The van der Waals surface area contributed by atoms with Crippen molar-refractivity contribution in [3.8, 4) is 0 Å². The first-order valence-corrected chi connectivity index (χ1v) is 5.10. The molecule has 0 aliphatic heterocycles. The van der Waals surface area contributed by atoms with Crippen LogP contribution in [0.3, 0.4) is 0 Å². The number of carbonyl (C=O) groups is 1. The number of fused-ring (bicyclic) bond motifs is 1. The largest absolute Gasteiger partial charge is 0.296 e. The van der Waals surface area contributed by atoms with Crippen LogP contribution in [0.1, 0.15) is 34.9 Å². The van der Waals surface area contributed by atoms with Crippen molar-refractivity contribution in [2.45, 2.75) is 18.8 Å². The standard InChI is InChI=1S/C12H10N2O/c15-7-11-12(8-5-6-8)14-10-4-2-1-3-9(10)13-11/h1-4,7-8H,5-6H2. The van der Waals surface area contributed by atoms with Gasteiger partial charge >= 0.3 is 0 Å². The second-order valence-corrected chi connectivity index (χ2v) is 3.87. The molecule has 1 saturated carbocycles. The van der Waals surface area contributed by atoms with E-state index in [0.717, 1.165) is 35.9 Å². The fourth-order valence-corrected chi connectivity index (χ4v) is 1.77. The van der Waals surface area contributed by atoms with Crippen LogP contribution in [0.4, 0.5) is 0 Å². The molecule has 74 valence electrons. The minimum atomic E-state index is 0.460. The van der Waals surface area contributed by atoms with Crippen molar-refractivity contribution in [1.29, 1.82) is 0 Å². The van der Waals surface area contributed by atoms with E-state index in [-0.39, 0.29) is 0 Å². The molecule has 1 aliphatic rings. The first-order chi connectivity index (χ1) is 7.38. The molecule has 1 aromatic heterocycles. The predicted molar refractivity (Wildman–Crippen MR) is 56.9 cm³/mol. The molecule has 0 unspecified atom stereocenters. The molecule has 0 saturated heterocycles. The van der Waals surface area contributed by atoms with Crippen LogP contribution < -0.4 is 0 Å². The zero-order chi connectivity index (χ0) is 10.3. The normalized spacial score (nSPS) is 15.5. The molecule has 0 N–H and O–H groups in total. The van der Waals surface area contributed by atoms with Crippen LogP contribution in [-0.4, -0.2) is 16.3 Å². The van der Waals surface area contributed by atoms with E-state index in [1.165, 1.54) is 0 Å². The van der Waals surface area contributed by atoms with Crippen molar-refractivity contribution in [2.24, 2.45) is 0 Å². The van der Waals surface area contributed by atoms with Gasteiger partial charge < -0.3 is 0 Å². The molecule has 0 bridgehead atoms. The molecular weight excluding hydrogens is 188 g/mol. The molecule has 3 nitrogen and oxygen atoms in total. The SMILES string of the molecule is O=Cc1nc2ccccc2nc1C1CC1. The molecule has 0 atom stereocenters. The second kappa shape index (κ2) is 3.12. The van der Waals surface area contributed by atoms with Crippen molar-refractivity contribution in [1.82, 2.24) is 9.97 Å². The quantitative estimate of drug-likeness (QED) is 0.695. The van der Waals surface area contributed by atoms with Gasteiger partial charge in [0.1, 0.15) is 5.69 Å². The average molecular weight is 198 g/mol. The van der Waals surface area contributed by atoms with Gasteiger partial charge in [0.15, 0.2) is 6.29 Å². The van der Waals surface area contributed by atoms with Gasteiger partial charge in [0.25, 0.3) is 0 Å². The predicted octanol–water partition coefficient (Wildman–Crippen LogP) is 2.32. The maximum atomic E-state index is 10.9. The number of hydrogen-bond acceptors (Lipinski definition) is 3. The molecule has 0 spiro atoms. The molecule has 2 aromatic rings. The van der Waals surface area contributed by atoms with E-state index in [2.05, 4.69) is 9.97 Å². The Balaban J connectivity index is 2.28. The van der Waals surface area contributed by atoms with Crippen molar-refractivity contribution in [3.05, 3.63) is 35.7 Å². The highest BCUT2D eigenvalue weighted by molar-refractivity contribution is 5.81. The van der Waals surface area contributed by atoms with Gasteiger partial charge in [0, 0.05) is 5.92 Å². The van der Waals surface area contributed by atoms with Crippen LogP contribution >= 0.6 is 0 Å². The van der Waals surface area contributed by atoms with Gasteiger partial charge in [-0.2, -0.15) is 0 Å². The van der Waals surface area contributed by atoms with E-state index in [9.17, 15) is 4.79 Å². The lowest BCUT2D eigenvalue weighted by molar-refractivity contribution is 0.111. The van der Waals surface area contributed by atoms with E-state index in [4.69, 9.17) is 0 Å². The lowest BCUT2D eigenvalue weighted by Crippen LogP contribution is -1.99. The van der Waals surface area contributed by atoms with Gasteiger partial charge in [-0.3, -0.25) is 4.79 Å². The summed E-state index contributed by atoms with van der Waals surface area (Å²) in [5.74, 6) is 0.460. The highest BCUT2D eigenvalue weighted by atomic mass is 16.1. The third-order valence-corrected chi connectivity index (χ3v) is 2.70. The summed E-state index contributed by atoms with van der Waals surface area (Å²) in [6.45, 7) is 0. The second-order valence-electron chi connectivity index (χ2n) is 3.87.